The molecule has 112 valence electrons. The molecule has 0 aromatic carbocycles. The van der Waals surface area contributed by atoms with Gasteiger partial charge >= 0.3 is 0 Å². The smallest absolute Gasteiger partial charge is 0.222 e. The highest BCUT2D eigenvalue weighted by atomic mass is 16.2. The topological polar surface area (TPSA) is 81.9 Å². The van der Waals surface area contributed by atoms with Gasteiger partial charge in [-0.2, -0.15) is 5.26 Å². The van der Waals surface area contributed by atoms with Crippen molar-refractivity contribution in [1.82, 2.24) is 14.9 Å². The first kappa shape index (κ1) is 15.2. The van der Waals surface area contributed by atoms with Gasteiger partial charge in [-0.1, -0.05) is 13.8 Å². The number of hydrogen-bond acceptors (Lipinski definition) is 5. The molecule has 21 heavy (non-hydrogen) atoms. The third-order valence-electron chi connectivity index (χ3n) is 3.58. The van der Waals surface area contributed by atoms with Crippen LogP contribution in [0.3, 0.4) is 0 Å². The van der Waals surface area contributed by atoms with Gasteiger partial charge in [0, 0.05) is 37.9 Å². The van der Waals surface area contributed by atoms with E-state index in [0.717, 1.165) is 25.9 Å². The molecule has 1 saturated heterocycles. The number of nitrogens with one attached hydrogen (secondary N) is 1. The van der Waals surface area contributed by atoms with E-state index in [4.69, 9.17) is 5.26 Å². The summed E-state index contributed by atoms with van der Waals surface area (Å²) in [5.74, 6) is 1.17. The van der Waals surface area contributed by atoms with E-state index in [-0.39, 0.29) is 11.9 Å². The van der Waals surface area contributed by atoms with Gasteiger partial charge in [-0.25, -0.2) is 9.97 Å². The van der Waals surface area contributed by atoms with E-state index in [2.05, 4.69) is 29.1 Å². The zero-order valence-electron chi connectivity index (χ0n) is 12.5. The molecule has 0 saturated carbocycles. The quantitative estimate of drug-likeness (QED) is 0.913. The number of rotatable bonds is 4. The average Bonchev–Trinajstić information content (AvgIpc) is 2.48. The first-order valence-corrected chi connectivity index (χ1v) is 7.35. The summed E-state index contributed by atoms with van der Waals surface area (Å²) in [6, 6.07) is 2.27. The van der Waals surface area contributed by atoms with Crippen molar-refractivity contribution in [1.29, 1.82) is 5.26 Å². The fourth-order valence-corrected chi connectivity index (χ4v) is 2.47. The van der Waals surface area contributed by atoms with Gasteiger partial charge in [0.15, 0.2) is 11.5 Å². The summed E-state index contributed by atoms with van der Waals surface area (Å²) < 4.78 is 0. The highest BCUT2D eigenvalue weighted by molar-refractivity contribution is 5.76. The molecule has 1 amide bonds. The Bertz CT molecular complexity index is 529. The molecule has 1 aliphatic rings. The summed E-state index contributed by atoms with van der Waals surface area (Å²) in [5, 5.41) is 12.3. The molecule has 6 nitrogen and oxygen atoms in total. The summed E-state index contributed by atoms with van der Waals surface area (Å²) in [6.07, 6.45) is 5.43. The number of likely N-dealkylation sites (tertiary alicyclic amines) is 1. The average molecular weight is 287 g/mol. The number of nitriles is 1. The lowest BCUT2D eigenvalue weighted by atomic mass is 10.0. The second-order valence-corrected chi connectivity index (χ2v) is 5.76. The molecule has 1 aromatic heterocycles. The number of carbonyl (C=O) groups excluding carboxylic acids is 1. The molecule has 1 aliphatic heterocycles. The van der Waals surface area contributed by atoms with Crippen LogP contribution in [-0.2, 0) is 4.79 Å². The summed E-state index contributed by atoms with van der Waals surface area (Å²) in [7, 11) is 0. The van der Waals surface area contributed by atoms with Gasteiger partial charge in [-0.3, -0.25) is 4.79 Å². The summed E-state index contributed by atoms with van der Waals surface area (Å²) in [4.78, 5) is 22.1. The Labute approximate surface area is 125 Å². The Morgan fingerprint density at radius 2 is 2.10 bits per heavy atom. The highest BCUT2D eigenvalue weighted by Crippen LogP contribution is 2.18. The Kier molecular flexibility index (Phi) is 5.09. The van der Waals surface area contributed by atoms with Crippen molar-refractivity contribution in [2.75, 3.05) is 18.4 Å². The van der Waals surface area contributed by atoms with Crippen LogP contribution in [0.1, 0.15) is 38.8 Å². The van der Waals surface area contributed by atoms with Gasteiger partial charge in [-0.05, 0) is 18.8 Å². The third-order valence-corrected chi connectivity index (χ3v) is 3.58. The first-order valence-electron chi connectivity index (χ1n) is 7.35. The van der Waals surface area contributed by atoms with E-state index in [9.17, 15) is 4.79 Å². The van der Waals surface area contributed by atoms with Crippen molar-refractivity contribution in [3.63, 3.8) is 0 Å². The maximum atomic E-state index is 12.0. The van der Waals surface area contributed by atoms with E-state index in [1.165, 1.54) is 6.20 Å². The van der Waals surface area contributed by atoms with Crippen LogP contribution in [0.15, 0.2) is 12.4 Å². The lowest BCUT2D eigenvalue weighted by molar-refractivity contribution is -0.132. The lowest BCUT2D eigenvalue weighted by Crippen LogP contribution is -2.42. The van der Waals surface area contributed by atoms with Crippen LogP contribution in [-0.4, -0.2) is 39.9 Å². The number of nitrogens with zero attached hydrogens (tertiary/aromatic N) is 4. The predicted octanol–water partition coefficient (Wildman–Crippen LogP) is 1.80. The number of aromatic nitrogens is 2. The molecule has 6 heteroatoms. The molecular formula is C15H21N5O. The van der Waals surface area contributed by atoms with Crippen molar-refractivity contribution < 1.29 is 4.79 Å². The lowest BCUT2D eigenvalue weighted by Gasteiger charge is -2.33. The number of piperidine rings is 1. The molecule has 1 aromatic rings. The van der Waals surface area contributed by atoms with Gasteiger partial charge in [0.05, 0.1) is 0 Å². The maximum absolute atomic E-state index is 12.0. The van der Waals surface area contributed by atoms with Crippen molar-refractivity contribution in [3.05, 3.63) is 18.1 Å². The van der Waals surface area contributed by atoms with Gasteiger partial charge in [0.1, 0.15) is 6.07 Å². The van der Waals surface area contributed by atoms with Gasteiger partial charge in [-0.15, -0.1) is 0 Å². The highest BCUT2D eigenvalue weighted by Gasteiger charge is 2.23. The molecule has 0 spiro atoms. The summed E-state index contributed by atoms with van der Waals surface area (Å²) >= 11 is 0. The molecule has 0 atom stereocenters. The Morgan fingerprint density at radius 3 is 2.71 bits per heavy atom. The monoisotopic (exact) mass is 287 g/mol. The van der Waals surface area contributed by atoms with Crippen molar-refractivity contribution >= 4 is 11.7 Å². The molecule has 1 N–H and O–H groups in total. The van der Waals surface area contributed by atoms with Gasteiger partial charge < -0.3 is 10.2 Å². The molecule has 0 bridgehead atoms. The van der Waals surface area contributed by atoms with Crippen molar-refractivity contribution in [2.24, 2.45) is 5.92 Å². The van der Waals surface area contributed by atoms with Crippen molar-refractivity contribution in [3.8, 4) is 6.07 Å². The zero-order chi connectivity index (χ0) is 15.2. The van der Waals surface area contributed by atoms with Crippen molar-refractivity contribution in [2.45, 2.75) is 39.2 Å². The SMILES string of the molecule is CC(C)CC(=O)N1CCC(Nc2nccnc2C#N)CC1. The number of anilines is 1. The molecule has 0 aliphatic carbocycles. The largest absolute Gasteiger partial charge is 0.365 e. The Hall–Kier alpha value is -2.16. The van der Waals surface area contributed by atoms with E-state index >= 15 is 0 Å². The standard InChI is InChI=1S/C15H21N5O/c1-11(2)9-14(21)20-7-3-12(4-8-20)19-15-13(10-16)17-5-6-18-15/h5-6,11-12H,3-4,7-9H2,1-2H3,(H,18,19). The normalized spacial score (nSPS) is 15.8. The fraction of sp³-hybridized carbons (Fsp3) is 0.600. The minimum atomic E-state index is 0.233. The number of hydrogen-bond donors (Lipinski definition) is 1. The van der Waals surface area contributed by atoms with Crippen LogP contribution in [0.25, 0.3) is 0 Å². The van der Waals surface area contributed by atoms with Gasteiger partial charge in [0.25, 0.3) is 0 Å². The van der Waals surface area contributed by atoms with Crippen LogP contribution in [0, 0.1) is 17.2 Å². The maximum Gasteiger partial charge on any atom is 0.222 e. The van der Waals surface area contributed by atoms with E-state index in [1.54, 1.807) is 6.20 Å². The molecule has 0 unspecified atom stereocenters. The molecular weight excluding hydrogens is 266 g/mol. The minimum Gasteiger partial charge on any atom is -0.365 e. The Balaban J connectivity index is 1.87. The number of carbonyl (C=O) groups is 1. The van der Waals surface area contributed by atoms with E-state index < -0.39 is 0 Å². The Morgan fingerprint density at radius 1 is 1.43 bits per heavy atom. The first-order chi connectivity index (χ1) is 10.1. The van der Waals surface area contributed by atoms with E-state index in [1.807, 2.05) is 11.0 Å². The summed E-state index contributed by atoms with van der Waals surface area (Å²) in [6.45, 7) is 5.63. The predicted molar refractivity (Wildman–Crippen MR) is 79.4 cm³/mol. The van der Waals surface area contributed by atoms with Crippen LogP contribution in [0.2, 0.25) is 0 Å². The third kappa shape index (κ3) is 4.15. The number of amides is 1. The molecule has 1 fully saturated rings. The van der Waals surface area contributed by atoms with Crippen LogP contribution in [0.4, 0.5) is 5.82 Å². The van der Waals surface area contributed by atoms with Crippen LogP contribution < -0.4 is 5.32 Å². The van der Waals surface area contributed by atoms with Crippen LogP contribution in [0.5, 0.6) is 0 Å². The second kappa shape index (κ2) is 7.02. The molecule has 0 radical (unpaired) electrons. The van der Waals surface area contributed by atoms with E-state index in [0.29, 0.717) is 23.9 Å². The zero-order valence-corrected chi connectivity index (χ0v) is 12.5. The molecule has 2 rings (SSSR count). The second-order valence-electron chi connectivity index (χ2n) is 5.76. The fourth-order valence-electron chi connectivity index (χ4n) is 2.47. The van der Waals surface area contributed by atoms with Gasteiger partial charge in [0.2, 0.25) is 5.91 Å². The molecule has 2 heterocycles. The summed E-state index contributed by atoms with van der Waals surface area (Å²) in [5.41, 5.74) is 0.316. The minimum absolute atomic E-state index is 0.233. The van der Waals surface area contributed by atoms with Crippen LogP contribution >= 0.6 is 0 Å².